The zero-order chi connectivity index (χ0) is 20.4. The van der Waals surface area contributed by atoms with Crippen LogP contribution in [-0.2, 0) is 11.3 Å². The van der Waals surface area contributed by atoms with Gasteiger partial charge in [0.05, 0.1) is 17.4 Å². The van der Waals surface area contributed by atoms with Crippen LogP contribution in [0.5, 0.6) is 0 Å². The maximum absolute atomic E-state index is 12.7. The van der Waals surface area contributed by atoms with Crippen LogP contribution < -0.4 is 11.1 Å². The van der Waals surface area contributed by atoms with Crippen molar-refractivity contribution in [3.05, 3.63) is 58.7 Å². The second kappa shape index (κ2) is 8.38. The molecule has 0 spiro atoms. The molecule has 1 fully saturated rings. The third-order valence-electron chi connectivity index (χ3n) is 4.69. The second-order valence-corrected chi connectivity index (χ2v) is 9.19. The lowest BCUT2D eigenvalue weighted by Crippen LogP contribution is -2.24. The summed E-state index contributed by atoms with van der Waals surface area (Å²) >= 11 is 2.64. The van der Waals surface area contributed by atoms with Gasteiger partial charge in [0.1, 0.15) is 10.8 Å². The van der Waals surface area contributed by atoms with Gasteiger partial charge in [0.25, 0.3) is 5.91 Å². The highest BCUT2D eigenvalue weighted by Crippen LogP contribution is 2.40. The smallest absolute Gasteiger partial charge is 0.251 e. The molecule has 3 N–H and O–H groups in total. The molecule has 4 rings (SSSR count). The minimum absolute atomic E-state index is 0.206. The summed E-state index contributed by atoms with van der Waals surface area (Å²) in [4.78, 5) is 24.1. The monoisotopic (exact) mass is 427 g/mol. The summed E-state index contributed by atoms with van der Waals surface area (Å²) in [7, 11) is 0. The van der Waals surface area contributed by atoms with E-state index in [-0.39, 0.29) is 5.91 Å². The molecule has 0 radical (unpaired) electrons. The molecule has 1 saturated carbocycles. The highest BCUT2D eigenvalue weighted by Gasteiger charge is 2.31. The van der Waals surface area contributed by atoms with Crippen LogP contribution in [0.4, 0.5) is 5.00 Å². The molecule has 1 atom stereocenters. The van der Waals surface area contributed by atoms with Crippen molar-refractivity contribution in [1.82, 2.24) is 14.8 Å². The van der Waals surface area contributed by atoms with E-state index in [1.54, 1.807) is 11.4 Å². The number of benzene rings is 1. The molecule has 1 aliphatic carbocycles. The Morgan fingerprint density at radius 3 is 2.72 bits per heavy atom. The number of aromatic nitrogens is 3. The molecule has 1 aromatic carbocycles. The summed E-state index contributed by atoms with van der Waals surface area (Å²) in [6, 6.07) is 11.8. The lowest BCUT2D eigenvalue weighted by molar-refractivity contribution is -0.115. The summed E-state index contributed by atoms with van der Waals surface area (Å²) in [5, 5.41) is 14.1. The van der Waals surface area contributed by atoms with Crippen LogP contribution in [0.2, 0.25) is 0 Å². The van der Waals surface area contributed by atoms with Crippen molar-refractivity contribution in [3.63, 3.8) is 0 Å². The average molecular weight is 428 g/mol. The van der Waals surface area contributed by atoms with Crippen LogP contribution in [0.1, 0.15) is 47.4 Å². The van der Waals surface area contributed by atoms with Crippen molar-refractivity contribution in [2.24, 2.45) is 5.73 Å². The molecule has 2 heterocycles. The molecule has 7 nitrogen and oxygen atoms in total. The van der Waals surface area contributed by atoms with Gasteiger partial charge in [-0.2, -0.15) is 0 Å². The molecule has 9 heteroatoms. The predicted molar refractivity (Wildman–Crippen MR) is 114 cm³/mol. The first kappa shape index (κ1) is 19.7. The van der Waals surface area contributed by atoms with Crippen LogP contribution >= 0.6 is 23.1 Å². The number of carbonyl (C=O) groups is 2. The molecule has 0 saturated heterocycles. The molecule has 2 amide bonds. The first-order valence-electron chi connectivity index (χ1n) is 9.34. The molecule has 1 unspecified atom stereocenters. The third kappa shape index (κ3) is 4.51. The van der Waals surface area contributed by atoms with Gasteiger partial charge in [-0.1, -0.05) is 42.1 Å². The minimum atomic E-state index is -0.557. The average Bonchev–Trinajstić information content (AvgIpc) is 3.32. The van der Waals surface area contributed by atoms with Gasteiger partial charge >= 0.3 is 0 Å². The summed E-state index contributed by atoms with van der Waals surface area (Å²) in [5.41, 5.74) is 6.84. The summed E-state index contributed by atoms with van der Waals surface area (Å²) < 4.78 is 2.11. The van der Waals surface area contributed by atoms with Crippen LogP contribution in [0, 0.1) is 0 Å². The maximum atomic E-state index is 12.7. The van der Waals surface area contributed by atoms with E-state index in [9.17, 15) is 9.59 Å². The van der Waals surface area contributed by atoms with Crippen molar-refractivity contribution in [1.29, 1.82) is 0 Å². The van der Waals surface area contributed by atoms with E-state index < -0.39 is 11.2 Å². The Morgan fingerprint density at radius 2 is 2.03 bits per heavy atom. The predicted octanol–water partition coefficient (Wildman–Crippen LogP) is 3.48. The largest absolute Gasteiger partial charge is 0.366 e. The number of carbonyl (C=O) groups excluding carboxylic acids is 2. The number of hydrogen-bond donors (Lipinski definition) is 2. The number of thiophene rings is 1. The molecule has 29 heavy (non-hydrogen) atoms. The Bertz CT molecular complexity index is 1030. The number of thioether (sulfide) groups is 1. The quantitative estimate of drug-likeness (QED) is 0.536. The van der Waals surface area contributed by atoms with E-state index in [0.717, 1.165) is 29.4 Å². The van der Waals surface area contributed by atoms with Crippen molar-refractivity contribution in [3.8, 4) is 0 Å². The SMILES string of the molecule is CC(Sc1nnc(C2CC2)n1Cc1ccccc1)C(=O)Nc1sccc1C(N)=O. The lowest BCUT2D eigenvalue weighted by atomic mass is 10.2. The normalized spacial score (nSPS) is 14.5. The lowest BCUT2D eigenvalue weighted by Gasteiger charge is -2.14. The molecular weight excluding hydrogens is 406 g/mol. The van der Waals surface area contributed by atoms with E-state index in [1.807, 2.05) is 25.1 Å². The molecule has 0 bridgehead atoms. The van der Waals surface area contributed by atoms with Gasteiger partial charge in [-0.05, 0) is 36.8 Å². The molecule has 1 aliphatic rings. The molecule has 2 aromatic heterocycles. The minimum Gasteiger partial charge on any atom is -0.366 e. The highest BCUT2D eigenvalue weighted by molar-refractivity contribution is 8.00. The molecular formula is C20H21N5O2S2. The fourth-order valence-electron chi connectivity index (χ4n) is 2.97. The Balaban J connectivity index is 1.50. The van der Waals surface area contributed by atoms with Crippen molar-refractivity contribution < 1.29 is 9.59 Å². The second-order valence-electron chi connectivity index (χ2n) is 6.96. The highest BCUT2D eigenvalue weighted by atomic mass is 32.2. The third-order valence-corrected chi connectivity index (χ3v) is 6.60. The van der Waals surface area contributed by atoms with Gasteiger partial charge in [0.2, 0.25) is 5.91 Å². The van der Waals surface area contributed by atoms with Gasteiger partial charge in [0.15, 0.2) is 5.16 Å². The summed E-state index contributed by atoms with van der Waals surface area (Å²) in [6.07, 6.45) is 2.25. The van der Waals surface area contributed by atoms with Gasteiger partial charge in [-0.25, -0.2) is 0 Å². The fourth-order valence-corrected chi connectivity index (χ4v) is 4.62. The number of anilines is 1. The topological polar surface area (TPSA) is 103 Å². The molecule has 0 aliphatic heterocycles. The van der Waals surface area contributed by atoms with Gasteiger partial charge in [-0.3, -0.25) is 9.59 Å². The zero-order valence-electron chi connectivity index (χ0n) is 15.9. The number of nitrogens with zero attached hydrogens (tertiary/aromatic N) is 3. The standard InChI is InChI=1S/C20H21N5O2S2/c1-12(18(27)22-19-15(16(21)26)9-10-28-19)29-20-24-23-17(14-7-8-14)25(20)11-13-5-3-2-4-6-13/h2-6,9-10,12,14H,7-8,11H2,1H3,(H2,21,26)(H,22,27). The summed E-state index contributed by atoms with van der Waals surface area (Å²) in [6.45, 7) is 2.49. The van der Waals surface area contributed by atoms with Crippen LogP contribution in [-0.4, -0.2) is 31.8 Å². The fraction of sp³-hybridized carbons (Fsp3) is 0.300. The maximum Gasteiger partial charge on any atom is 0.251 e. The number of rotatable bonds is 8. The van der Waals surface area contributed by atoms with E-state index in [4.69, 9.17) is 5.73 Å². The van der Waals surface area contributed by atoms with E-state index in [1.165, 1.54) is 23.1 Å². The zero-order valence-corrected chi connectivity index (χ0v) is 17.5. The van der Waals surface area contributed by atoms with Crippen molar-refractivity contribution in [2.75, 3.05) is 5.32 Å². The first-order chi connectivity index (χ1) is 14.0. The number of hydrogen-bond acceptors (Lipinski definition) is 6. The Kier molecular flexibility index (Phi) is 5.68. The van der Waals surface area contributed by atoms with Gasteiger partial charge < -0.3 is 15.6 Å². The van der Waals surface area contributed by atoms with Gasteiger partial charge in [-0.15, -0.1) is 21.5 Å². The van der Waals surface area contributed by atoms with E-state index in [2.05, 4.69) is 32.2 Å². The van der Waals surface area contributed by atoms with Crippen molar-refractivity contribution in [2.45, 2.75) is 42.6 Å². The number of nitrogens with two attached hydrogens (primary N) is 1. The van der Waals surface area contributed by atoms with Crippen LogP contribution in [0.25, 0.3) is 0 Å². The van der Waals surface area contributed by atoms with Crippen LogP contribution in [0.15, 0.2) is 46.9 Å². The summed E-state index contributed by atoms with van der Waals surface area (Å²) in [5.74, 6) is 0.674. The number of primary amides is 1. The number of nitrogens with one attached hydrogen (secondary N) is 1. The van der Waals surface area contributed by atoms with E-state index in [0.29, 0.717) is 23.0 Å². The first-order valence-corrected chi connectivity index (χ1v) is 11.1. The molecule has 3 aromatic rings. The van der Waals surface area contributed by atoms with Gasteiger partial charge in [0, 0.05) is 5.92 Å². The Morgan fingerprint density at radius 1 is 1.28 bits per heavy atom. The van der Waals surface area contributed by atoms with Crippen LogP contribution in [0.3, 0.4) is 0 Å². The number of amides is 2. The van der Waals surface area contributed by atoms with E-state index >= 15 is 0 Å². The van der Waals surface area contributed by atoms with Crippen molar-refractivity contribution >= 4 is 39.9 Å². The Hall–Kier alpha value is -2.65. The molecule has 150 valence electrons. The Labute approximate surface area is 176 Å².